The van der Waals surface area contributed by atoms with E-state index in [0.717, 1.165) is 37.0 Å². The summed E-state index contributed by atoms with van der Waals surface area (Å²) in [4.78, 5) is 9.12. The maximum Gasteiger partial charge on any atom is 0.193 e. The van der Waals surface area contributed by atoms with Crippen molar-refractivity contribution in [3.8, 4) is 0 Å². The predicted octanol–water partition coefficient (Wildman–Crippen LogP) is 2.82. The Morgan fingerprint density at radius 2 is 2.11 bits per heavy atom. The van der Waals surface area contributed by atoms with Crippen molar-refractivity contribution in [1.82, 2.24) is 24.9 Å². The zero-order valence-electron chi connectivity index (χ0n) is 17.3. The molecule has 1 aliphatic rings. The molecular weight excluding hydrogens is 372 g/mol. The van der Waals surface area contributed by atoms with Crippen molar-refractivity contribution in [2.24, 2.45) is 18.0 Å². The number of aromatic nitrogens is 2. The summed E-state index contributed by atoms with van der Waals surface area (Å²) >= 11 is 6.04. The SMILES string of the molecule is CN=C(NCC(c1ccc(Cl)cc1)N(C)C)N1CCC(Cc2cnn(C)c2)C1. The number of aliphatic imine (C=N–C) groups is 1. The van der Waals surface area contributed by atoms with Crippen molar-refractivity contribution in [3.05, 3.63) is 52.8 Å². The van der Waals surface area contributed by atoms with Crippen molar-refractivity contribution in [3.63, 3.8) is 0 Å². The Morgan fingerprint density at radius 1 is 1.36 bits per heavy atom. The van der Waals surface area contributed by atoms with Crippen LogP contribution in [0.25, 0.3) is 0 Å². The second-order valence-corrected chi connectivity index (χ2v) is 8.22. The van der Waals surface area contributed by atoms with E-state index in [9.17, 15) is 0 Å². The molecule has 3 rings (SSSR count). The van der Waals surface area contributed by atoms with Crippen LogP contribution < -0.4 is 5.32 Å². The molecule has 0 spiro atoms. The number of likely N-dealkylation sites (tertiary alicyclic amines) is 1. The summed E-state index contributed by atoms with van der Waals surface area (Å²) in [6.45, 7) is 2.87. The molecule has 2 atom stereocenters. The van der Waals surface area contributed by atoms with Gasteiger partial charge in [-0.05, 0) is 56.1 Å². The molecular formula is C21H31ClN6. The second-order valence-electron chi connectivity index (χ2n) is 7.79. The van der Waals surface area contributed by atoms with E-state index in [-0.39, 0.29) is 6.04 Å². The maximum atomic E-state index is 6.04. The van der Waals surface area contributed by atoms with Crippen LogP contribution in [0.3, 0.4) is 0 Å². The van der Waals surface area contributed by atoms with E-state index in [4.69, 9.17) is 11.6 Å². The van der Waals surface area contributed by atoms with Crippen LogP contribution in [-0.4, -0.2) is 66.3 Å². The van der Waals surface area contributed by atoms with Gasteiger partial charge in [0.15, 0.2) is 5.96 Å². The molecule has 1 aromatic heterocycles. The largest absolute Gasteiger partial charge is 0.354 e. The van der Waals surface area contributed by atoms with Crippen molar-refractivity contribution in [2.45, 2.75) is 18.9 Å². The zero-order chi connectivity index (χ0) is 20.1. The van der Waals surface area contributed by atoms with E-state index in [2.05, 4.69) is 57.6 Å². The Kier molecular flexibility index (Phi) is 6.97. The molecule has 0 saturated carbocycles. The molecule has 2 unspecified atom stereocenters. The van der Waals surface area contributed by atoms with Gasteiger partial charge in [0.2, 0.25) is 0 Å². The molecule has 2 heterocycles. The minimum absolute atomic E-state index is 0.253. The van der Waals surface area contributed by atoms with E-state index >= 15 is 0 Å². The first-order chi connectivity index (χ1) is 13.5. The standard InChI is InChI=1S/C21H31ClN6/c1-23-21(24-13-20(26(2)3)18-5-7-19(22)8-6-18)28-10-9-16(15-28)11-17-12-25-27(4)14-17/h5-8,12,14,16,20H,9-11,13,15H2,1-4H3,(H,23,24). The lowest BCUT2D eigenvalue weighted by molar-refractivity contribution is 0.295. The fraction of sp³-hybridized carbons (Fsp3) is 0.524. The molecule has 2 aromatic rings. The Labute approximate surface area is 173 Å². The summed E-state index contributed by atoms with van der Waals surface area (Å²) in [6.07, 6.45) is 6.35. The minimum atomic E-state index is 0.253. The summed E-state index contributed by atoms with van der Waals surface area (Å²) < 4.78 is 1.88. The van der Waals surface area contributed by atoms with Gasteiger partial charge in [0.1, 0.15) is 0 Å². The minimum Gasteiger partial charge on any atom is -0.354 e. The Bertz CT molecular complexity index is 782. The lowest BCUT2D eigenvalue weighted by Gasteiger charge is -2.28. The van der Waals surface area contributed by atoms with Crippen molar-refractivity contribution < 1.29 is 0 Å². The number of benzene rings is 1. The number of rotatable bonds is 6. The highest BCUT2D eigenvalue weighted by Gasteiger charge is 2.26. The summed E-state index contributed by atoms with van der Waals surface area (Å²) in [7, 11) is 8.04. The van der Waals surface area contributed by atoms with Gasteiger partial charge in [-0.1, -0.05) is 23.7 Å². The second kappa shape index (κ2) is 9.43. The number of hydrogen-bond acceptors (Lipinski definition) is 3. The summed E-state index contributed by atoms with van der Waals surface area (Å²) in [6, 6.07) is 8.34. The molecule has 1 saturated heterocycles. The van der Waals surface area contributed by atoms with Gasteiger partial charge in [-0.3, -0.25) is 9.67 Å². The van der Waals surface area contributed by atoms with Gasteiger partial charge < -0.3 is 15.1 Å². The van der Waals surface area contributed by atoms with Crippen LogP contribution >= 0.6 is 11.6 Å². The van der Waals surface area contributed by atoms with Crippen molar-refractivity contribution >= 4 is 17.6 Å². The van der Waals surface area contributed by atoms with E-state index in [1.54, 1.807) is 0 Å². The van der Waals surface area contributed by atoms with E-state index in [1.807, 2.05) is 37.1 Å². The Morgan fingerprint density at radius 3 is 2.71 bits per heavy atom. The third-order valence-corrected chi connectivity index (χ3v) is 5.66. The monoisotopic (exact) mass is 402 g/mol. The third kappa shape index (κ3) is 5.26. The number of aryl methyl sites for hydroxylation is 1. The number of nitrogens with zero attached hydrogens (tertiary/aromatic N) is 5. The topological polar surface area (TPSA) is 48.7 Å². The summed E-state index contributed by atoms with van der Waals surface area (Å²) in [5.74, 6) is 1.62. The molecule has 28 heavy (non-hydrogen) atoms. The molecule has 152 valence electrons. The summed E-state index contributed by atoms with van der Waals surface area (Å²) in [5.41, 5.74) is 2.56. The van der Waals surface area contributed by atoms with E-state index in [0.29, 0.717) is 5.92 Å². The average molecular weight is 403 g/mol. The first kappa shape index (κ1) is 20.7. The number of likely N-dealkylation sites (N-methyl/N-ethyl adjacent to an activating group) is 1. The quantitative estimate of drug-likeness (QED) is 0.596. The Hall–Kier alpha value is -2.05. The van der Waals surface area contributed by atoms with Gasteiger partial charge in [-0.25, -0.2) is 0 Å². The van der Waals surface area contributed by atoms with Crippen LogP contribution in [0.2, 0.25) is 5.02 Å². The lowest BCUT2D eigenvalue weighted by atomic mass is 10.0. The Balaban J connectivity index is 1.57. The molecule has 1 aliphatic heterocycles. The molecule has 0 amide bonds. The predicted molar refractivity (Wildman–Crippen MR) is 116 cm³/mol. The average Bonchev–Trinajstić information content (AvgIpc) is 3.29. The lowest BCUT2D eigenvalue weighted by Crippen LogP contribution is -2.43. The van der Waals surface area contributed by atoms with Gasteiger partial charge in [-0.2, -0.15) is 5.10 Å². The van der Waals surface area contributed by atoms with Gasteiger partial charge in [0, 0.05) is 44.9 Å². The normalized spacial score (nSPS) is 18.7. The molecule has 0 bridgehead atoms. The molecule has 7 heteroatoms. The van der Waals surface area contributed by atoms with Crippen LogP contribution in [0.1, 0.15) is 23.6 Å². The third-order valence-electron chi connectivity index (χ3n) is 5.41. The van der Waals surface area contributed by atoms with Gasteiger partial charge in [0.25, 0.3) is 0 Å². The smallest absolute Gasteiger partial charge is 0.193 e. The molecule has 0 radical (unpaired) electrons. The number of nitrogens with one attached hydrogen (secondary N) is 1. The van der Waals surface area contributed by atoms with Gasteiger partial charge in [0.05, 0.1) is 12.2 Å². The van der Waals surface area contributed by atoms with E-state index < -0.39 is 0 Å². The molecule has 6 nitrogen and oxygen atoms in total. The number of guanidine groups is 1. The fourth-order valence-electron chi connectivity index (χ4n) is 3.91. The molecule has 1 N–H and O–H groups in total. The molecule has 1 fully saturated rings. The van der Waals surface area contributed by atoms with Crippen LogP contribution in [-0.2, 0) is 13.5 Å². The summed E-state index contributed by atoms with van der Waals surface area (Å²) in [5, 5.41) is 8.63. The fourth-order valence-corrected chi connectivity index (χ4v) is 4.03. The first-order valence-corrected chi connectivity index (χ1v) is 10.2. The number of hydrogen-bond donors (Lipinski definition) is 1. The van der Waals surface area contributed by atoms with Crippen molar-refractivity contribution in [2.75, 3.05) is 40.8 Å². The van der Waals surface area contributed by atoms with Gasteiger partial charge >= 0.3 is 0 Å². The van der Waals surface area contributed by atoms with Crippen LogP contribution in [0, 0.1) is 5.92 Å². The highest BCUT2D eigenvalue weighted by atomic mass is 35.5. The van der Waals surface area contributed by atoms with E-state index in [1.165, 1.54) is 17.5 Å². The zero-order valence-corrected chi connectivity index (χ0v) is 18.0. The number of halogens is 1. The highest BCUT2D eigenvalue weighted by molar-refractivity contribution is 6.30. The highest BCUT2D eigenvalue weighted by Crippen LogP contribution is 2.22. The van der Waals surface area contributed by atoms with Crippen LogP contribution in [0.5, 0.6) is 0 Å². The maximum absolute atomic E-state index is 6.04. The molecule has 0 aliphatic carbocycles. The van der Waals surface area contributed by atoms with Gasteiger partial charge in [-0.15, -0.1) is 0 Å². The van der Waals surface area contributed by atoms with Crippen molar-refractivity contribution in [1.29, 1.82) is 0 Å². The van der Waals surface area contributed by atoms with Crippen LogP contribution in [0.15, 0.2) is 41.7 Å². The first-order valence-electron chi connectivity index (χ1n) is 9.81. The molecule has 1 aromatic carbocycles. The van der Waals surface area contributed by atoms with Crippen LogP contribution in [0.4, 0.5) is 0 Å².